The third-order valence-corrected chi connectivity index (χ3v) is 4.38. The Morgan fingerprint density at radius 2 is 2.21 bits per heavy atom. The lowest BCUT2D eigenvalue weighted by Crippen LogP contribution is -2.45. The summed E-state index contributed by atoms with van der Waals surface area (Å²) in [6, 6.07) is 6.79. The lowest BCUT2D eigenvalue weighted by molar-refractivity contribution is 0.0151. The summed E-state index contributed by atoms with van der Waals surface area (Å²) in [6.45, 7) is 7.77. The maximum Gasteiger partial charge on any atom is 0.410 e. The Labute approximate surface area is 144 Å². The molecule has 2 unspecified atom stereocenters. The van der Waals surface area contributed by atoms with Crippen LogP contribution >= 0.6 is 0 Å². The van der Waals surface area contributed by atoms with Crippen LogP contribution in [0.15, 0.2) is 24.3 Å². The normalized spacial score (nSPS) is 19.9. The number of hydrogen-bond donors (Lipinski definition) is 1. The van der Waals surface area contributed by atoms with Gasteiger partial charge in [0.1, 0.15) is 11.4 Å². The minimum absolute atomic E-state index is 0.177. The summed E-state index contributed by atoms with van der Waals surface area (Å²) in [4.78, 5) is 14.2. The zero-order valence-electron chi connectivity index (χ0n) is 15.1. The number of carbonyl (C=O) groups excluding carboxylic acids is 1. The molecule has 2 rings (SSSR count). The molecular weight excluding hydrogens is 307 g/mol. The maximum atomic E-state index is 13.6. The van der Waals surface area contributed by atoms with Crippen LogP contribution in [0.5, 0.6) is 0 Å². The Hall–Kier alpha value is -1.62. The van der Waals surface area contributed by atoms with Crippen molar-refractivity contribution in [3.8, 4) is 0 Å². The second-order valence-electron chi connectivity index (χ2n) is 7.55. The average Bonchev–Trinajstić information content (AvgIpc) is 2.51. The van der Waals surface area contributed by atoms with E-state index < -0.39 is 5.60 Å². The molecule has 1 N–H and O–H groups in total. The van der Waals surface area contributed by atoms with Crippen LogP contribution in [0.2, 0.25) is 0 Å². The van der Waals surface area contributed by atoms with E-state index in [0.717, 1.165) is 31.5 Å². The van der Waals surface area contributed by atoms with Gasteiger partial charge in [0.15, 0.2) is 0 Å². The highest BCUT2D eigenvalue weighted by atomic mass is 19.1. The molecular formula is C19H29FN2O2. The van der Waals surface area contributed by atoms with Crippen molar-refractivity contribution in [2.24, 2.45) is 5.92 Å². The van der Waals surface area contributed by atoms with Gasteiger partial charge in [-0.1, -0.05) is 12.1 Å². The summed E-state index contributed by atoms with van der Waals surface area (Å²) in [7, 11) is 1.90. The zero-order valence-corrected chi connectivity index (χ0v) is 15.1. The maximum absolute atomic E-state index is 13.6. The molecule has 1 fully saturated rings. The van der Waals surface area contributed by atoms with Crippen LogP contribution in [0.25, 0.3) is 0 Å². The van der Waals surface area contributed by atoms with Crippen LogP contribution in [0.4, 0.5) is 9.18 Å². The van der Waals surface area contributed by atoms with Gasteiger partial charge in [0.2, 0.25) is 0 Å². The molecule has 5 heteroatoms. The van der Waals surface area contributed by atoms with Gasteiger partial charge in [0, 0.05) is 25.6 Å². The van der Waals surface area contributed by atoms with E-state index in [-0.39, 0.29) is 17.8 Å². The first-order chi connectivity index (χ1) is 11.3. The molecule has 2 atom stereocenters. The fraction of sp³-hybridized carbons (Fsp3) is 0.632. The van der Waals surface area contributed by atoms with Gasteiger partial charge in [-0.25, -0.2) is 9.18 Å². The third-order valence-electron chi connectivity index (χ3n) is 4.38. The van der Waals surface area contributed by atoms with Crippen molar-refractivity contribution in [1.82, 2.24) is 10.2 Å². The van der Waals surface area contributed by atoms with E-state index in [1.807, 2.05) is 33.9 Å². The molecule has 134 valence electrons. The second-order valence-corrected chi connectivity index (χ2v) is 7.55. The van der Waals surface area contributed by atoms with Crippen LogP contribution in [-0.4, -0.2) is 43.3 Å². The van der Waals surface area contributed by atoms with E-state index >= 15 is 0 Å². The first-order valence-electron chi connectivity index (χ1n) is 8.68. The number of benzene rings is 1. The van der Waals surface area contributed by atoms with Gasteiger partial charge in [-0.15, -0.1) is 0 Å². The first-order valence-corrected chi connectivity index (χ1v) is 8.68. The Balaban J connectivity index is 2.11. The van der Waals surface area contributed by atoms with Gasteiger partial charge in [-0.2, -0.15) is 0 Å². The number of likely N-dealkylation sites (tertiary alicyclic amines) is 1. The summed E-state index contributed by atoms with van der Waals surface area (Å²) in [5, 5.41) is 3.21. The number of piperidine rings is 1. The lowest BCUT2D eigenvalue weighted by Gasteiger charge is -2.37. The highest BCUT2D eigenvalue weighted by Gasteiger charge is 2.32. The molecule has 1 heterocycles. The summed E-state index contributed by atoms with van der Waals surface area (Å²) in [6.07, 6.45) is 1.72. The zero-order chi connectivity index (χ0) is 17.7. The third kappa shape index (κ3) is 5.20. The van der Waals surface area contributed by atoms with Crippen LogP contribution in [-0.2, 0) is 4.74 Å². The van der Waals surface area contributed by atoms with E-state index in [1.165, 1.54) is 6.07 Å². The minimum atomic E-state index is -0.489. The number of halogens is 1. The summed E-state index contributed by atoms with van der Waals surface area (Å²) < 4.78 is 19.1. The molecule has 1 saturated heterocycles. The van der Waals surface area contributed by atoms with Gasteiger partial charge < -0.3 is 15.0 Å². The monoisotopic (exact) mass is 336 g/mol. The van der Waals surface area contributed by atoms with Crippen molar-refractivity contribution >= 4 is 6.09 Å². The van der Waals surface area contributed by atoms with Gasteiger partial charge in [-0.3, -0.25) is 0 Å². The molecule has 0 bridgehead atoms. The highest BCUT2D eigenvalue weighted by molar-refractivity contribution is 5.68. The Morgan fingerprint density at radius 3 is 2.83 bits per heavy atom. The van der Waals surface area contributed by atoms with Crippen LogP contribution in [0.3, 0.4) is 0 Å². The molecule has 1 aliphatic rings. The summed E-state index contributed by atoms with van der Waals surface area (Å²) in [5.41, 5.74) is 0.497. The largest absolute Gasteiger partial charge is 0.444 e. The van der Waals surface area contributed by atoms with Crippen molar-refractivity contribution < 1.29 is 13.9 Å². The van der Waals surface area contributed by atoms with E-state index in [1.54, 1.807) is 17.0 Å². The van der Waals surface area contributed by atoms with E-state index in [4.69, 9.17) is 4.74 Å². The standard InChI is InChI=1S/C19H29FN2O2/c1-19(2,3)24-18(23)22-10-6-8-15(13-22)17(12-21-4)14-7-5-9-16(20)11-14/h5,7,9,11,15,17,21H,6,8,10,12-13H2,1-4H3. The molecule has 0 saturated carbocycles. The molecule has 0 aromatic heterocycles. The van der Waals surface area contributed by atoms with Gasteiger partial charge in [-0.05, 0) is 64.3 Å². The number of likely N-dealkylation sites (N-methyl/N-ethyl adjacent to an activating group) is 1. The smallest absolute Gasteiger partial charge is 0.410 e. The number of nitrogens with zero attached hydrogens (tertiary/aromatic N) is 1. The predicted molar refractivity (Wildman–Crippen MR) is 93.6 cm³/mol. The Kier molecular flexibility index (Phi) is 6.21. The Morgan fingerprint density at radius 1 is 1.46 bits per heavy atom. The highest BCUT2D eigenvalue weighted by Crippen LogP contribution is 2.32. The van der Waals surface area contributed by atoms with Crippen molar-refractivity contribution in [2.75, 3.05) is 26.7 Å². The summed E-state index contributed by atoms with van der Waals surface area (Å²) in [5.74, 6) is 0.255. The molecule has 0 aliphatic carbocycles. The fourth-order valence-corrected chi connectivity index (χ4v) is 3.34. The van der Waals surface area contributed by atoms with Crippen molar-refractivity contribution in [3.05, 3.63) is 35.6 Å². The number of carbonyl (C=O) groups is 1. The second kappa shape index (κ2) is 7.97. The molecule has 1 aromatic rings. The van der Waals surface area contributed by atoms with Crippen LogP contribution in [0.1, 0.15) is 45.1 Å². The molecule has 1 aliphatic heterocycles. The van der Waals surface area contributed by atoms with Crippen LogP contribution < -0.4 is 5.32 Å². The quantitative estimate of drug-likeness (QED) is 0.910. The van der Waals surface area contributed by atoms with E-state index in [9.17, 15) is 9.18 Å². The number of rotatable bonds is 4. The minimum Gasteiger partial charge on any atom is -0.444 e. The average molecular weight is 336 g/mol. The van der Waals surface area contributed by atoms with Gasteiger partial charge in [0.05, 0.1) is 0 Å². The molecule has 24 heavy (non-hydrogen) atoms. The number of ether oxygens (including phenoxy) is 1. The van der Waals surface area contributed by atoms with E-state index in [2.05, 4.69) is 5.32 Å². The number of nitrogens with one attached hydrogen (secondary N) is 1. The topological polar surface area (TPSA) is 41.6 Å². The van der Waals surface area contributed by atoms with Gasteiger partial charge in [0.25, 0.3) is 0 Å². The van der Waals surface area contributed by atoms with E-state index in [0.29, 0.717) is 12.5 Å². The van der Waals surface area contributed by atoms with Crippen molar-refractivity contribution in [1.29, 1.82) is 0 Å². The Bertz CT molecular complexity index is 557. The first kappa shape index (κ1) is 18.7. The molecule has 1 amide bonds. The fourth-order valence-electron chi connectivity index (χ4n) is 3.34. The van der Waals surface area contributed by atoms with Crippen molar-refractivity contribution in [3.63, 3.8) is 0 Å². The molecule has 1 aromatic carbocycles. The van der Waals surface area contributed by atoms with Gasteiger partial charge >= 0.3 is 6.09 Å². The molecule has 0 spiro atoms. The molecule has 4 nitrogen and oxygen atoms in total. The van der Waals surface area contributed by atoms with Crippen molar-refractivity contribution in [2.45, 2.75) is 45.1 Å². The molecule has 0 radical (unpaired) electrons. The van der Waals surface area contributed by atoms with Crippen LogP contribution in [0, 0.1) is 11.7 Å². The summed E-state index contributed by atoms with van der Waals surface area (Å²) >= 11 is 0. The number of hydrogen-bond acceptors (Lipinski definition) is 3. The predicted octanol–water partition coefficient (Wildman–Crippen LogP) is 3.78. The lowest BCUT2D eigenvalue weighted by atomic mass is 9.81. The SMILES string of the molecule is CNCC(c1cccc(F)c1)C1CCCN(C(=O)OC(C)(C)C)C1. The number of amides is 1.